The number of nitrogens with zero attached hydrogens (tertiary/aromatic N) is 4. The molecule has 2 heterocycles. The zero-order chi connectivity index (χ0) is 24.7. The molecule has 2 fully saturated rings. The number of carbonyl (C=O) groups is 2. The zero-order valence-corrected chi connectivity index (χ0v) is 19.9. The maximum absolute atomic E-state index is 14.3. The van der Waals surface area contributed by atoms with Crippen LogP contribution in [0.2, 0.25) is 0 Å². The normalized spacial score (nSPS) is 16.3. The van der Waals surface area contributed by atoms with E-state index in [9.17, 15) is 14.0 Å². The number of hydrogen-bond donors (Lipinski definition) is 0. The Kier molecular flexibility index (Phi) is 5.76. The quantitative estimate of drug-likeness (QED) is 0.510. The molecule has 7 heteroatoms. The number of amides is 2. The Morgan fingerprint density at radius 2 is 1.69 bits per heavy atom. The highest BCUT2D eigenvalue weighted by Gasteiger charge is 2.35. The van der Waals surface area contributed by atoms with E-state index in [0.29, 0.717) is 48.2 Å². The standard InChI is InChI=1S/C28H27FN4O2/c1-28(2,30-3)20-8-6-18(7-9-20)25-22-16-21(29)10-11-24(22)31-17-23(25)27(35)33-14-12-32(13-15-33)26(34)19-4-5-19/h6-11,16-17,19H,4-5,12-15H2,1-2H3. The van der Waals surface area contributed by atoms with Gasteiger partial charge in [-0.25, -0.2) is 11.0 Å². The molecule has 0 radical (unpaired) electrons. The van der Waals surface area contributed by atoms with Gasteiger partial charge in [-0.05, 0) is 36.6 Å². The SMILES string of the molecule is [C-]#[N+]C(C)(C)c1ccc(-c2c(C(=O)N3CCN(C(=O)C4CC4)CC3)cnc3ccc(F)cc23)cc1. The van der Waals surface area contributed by atoms with E-state index >= 15 is 0 Å². The fourth-order valence-electron chi connectivity index (χ4n) is 4.64. The Bertz CT molecular complexity index is 1350. The summed E-state index contributed by atoms with van der Waals surface area (Å²) in [5.74, 6) is -0.215. The molecule has 1 saturated heterocycles. The van der Waals surface area contributed by atoms with Crippen molar-refractivity contribution < 1.29 is 14.0 Å². The molecule has 35 heavy (non-hydrogen) atoms. The number of halogens is 1. The van der Waals surface area contributed by atoms with Crippen LogP contribution in [0, 0.1) is 18.3 Å². The molecule has 2 aliphatic rings. The third kappa shape index (κ3) is 4.37. The van der Waals surface area contributed by atoms with Crippen LogP contribution >= 0.6 is 0 Å². The summed E-state index contributed by atoms with van der Waals surface area (Å²) in [6, 6.07) is 11.9. The predicted octanol–water partition coefficient (Wildman–Crippen LogP) is 4.89. The second kappa shape index (κ2) is 8.77. The number of carbonyl (C=O) groups excluding carboxylic acids is 2. The molecule has 1 aromatic heterocycles. The highest BCUT2D eigenvalue weighted by molar-refractivity contribution is 6.08. The Labute approximate surface area is 204 Å². The molecule has 0 bridgehead atoms. The van der Waals surface area contributed by atoms with E-state index in [0.717, 1.165) is 24.0 Å². The lowest BCUT2D eigenvalue weighted by Gasteiger charge is -2.35. The van der Waals surface area contributed by atoms with Gasteiger partial charge in [-0.3, -0.25) is 14.6 Å². The Morgan fingerprint density at radius 3 is 2.31 bits per heavy atom. The second-order valence-electron chi connectivity index (χ2n) is 9.85. The predicted molar refractivity (Wildman–Crippen MR) is 132 cm³/mol. The summed E-state index contributed by atoms with van der Waals surface area (Å²) in [4.78, 5) is 37.8. The van der Waals surface area contributed by atoms with Gasteiger partial charge in [0.15, 0.2) is 0 Å². The molecule has 0 atom stereocenters. The van der Waals surface area contributed by atoms with Gasteiger partial charge in [0.2, 0.25) is 5.91 Å². The lowest BCUT2D eigenvalue weighted by molar-refractivity contribution is -0.134. The van der Waals surface area contributed by atoms with Crippen LogP contribution in [0.15, 0.2) is 48.7 Å². The number of piperazine rings is 1. The first-order chi connectivity index (χ1) is 16.8. The first kappa shape index (κ1) is 23.0. The van der Waals surface area contributed by atoms with Crippen molar-refractivity contribution in [3.63, 3.8) is 0 Å². The number of hydrogen-bond acceptors (Lipinski definition) is 3. The molecule has 6 nitrogen and oxygen atoms in total. The van der Waals surface area contributed by atoms with Crippen LogP contribution in [0.25, 0.3) is 26.9 Å². The minimum absolute atomic E-state index is 0.166. The van der Waals surface area contributed by atoms with Crippen molar-refractivity contribution in [2.24, 2.45) is 5.92 Å². The minimum atomic E-state index is -0.666. The molecular formula is C28H27FN4O2. The average molecular weight is 471 g/mol. The van der Waals surface area contributed by atoms with Crippen molar-refractivity contribution in [2.45, 2.75) is 32.2 Å². The lowest BCUT2D eigenvalue weighted by atomic mass is 9.90. The van der Waals surface area contributed by atoms with Gasteiger partial charge in [0.1, 0.15) is 5.82 Å². The van der Waals surface area contributed by atoms with Crippen LogP contribution < -0.4 is 0 Å². The summed E-state index contributed by atoms with van der Waals surface area (Å²) < 4.78 is 14.3. The van der Waals surface area contributed by atoms with E-state index in [1.165, 1.54) is 12.1 Å². The fraction of sp³-hybridized carbons (Fsp3) is 0.357. The smallest absolute Gasteiger partial charge is 0.256 e. The first-order valence-electron chi connectivity index (χ1n) is 11.9. The van der Waals surface area contributed by atoms with Gasteiger partial charge in [-0.2, -0.15) is 0 Å². The van der Waals surface area contributed by atoms with Crippen LogP contribution in [-0.2, 0) is 10.3 Å². The largest absolute Gasteiger partial charge is 0.339 e. The van der Waals surface area contributed by atoms with Crippen LogP contribution in [0.3, 0.4) is 0 Å². The minimum Gasteiger partial charge on any atom is -0.339 e. The van der Waals surface area contributed by atoms with Gasteiger partial charge < -0.3 is 14.6 Å². The third-order valence-electron chi connectivity index (χ3n) is 7.03. The van der Waals surface area contributed by atoms with Crippen molar-refractivity contribution in [2.75, 3.05) is 26.2 Å². The lowest BCUT2D eigenvalue weighted by Crippen LogP contribution is -2.51. The fourth-order valence-corrected chi connectivity index (χ4v) is 4.64. The van der Waals surface area contributed by atoms with Gasteiger partial charge in [0.25, 0.3) is 11.4 Å². The zero-order valence-electron chi connectivity index (χ0n) is 19.9. The van der Waals surface area contributed by atoms with Crippen LogP contribution in [-0.4, -0.2) is 52.8 Å². The molecule has 1 aliphatic heterocycles. The van der Waals surface area contributed by atoms with E-state index in [2.05, 4.69) is 9.83 Å². The highest BCUT2D eigenvalue weighted by Crippen LogP contribution is 2.35. The van der Waals surface area contributed by atoms with E-state index in [1.54, 1.807) is 17.2 Å². The molecule has 0 spiro atoms. The molecule has 0 unspecified atom stereocenters. The number of benzene rings is 2. The third-order valence-corrected chi connectivity index (χ3v) is 7.03. The van der Waals surface area contributed by atoms with E-state index in [4.69, 9.17) is 6.57 Å². The maximum Gasteiger partial charge on any atom is 0.256 e. The van der Waals surface area contributed by atoms with Crippen molar-refractivity contribution >= 4 is 22.7 Å². The number of rotatable bonds is 4. The summed E-state index contributed by atoms with van der Waals surface area (Å²) >= 11 is 0. The number of pyridine rings is 1. The van der Waals surface area contributed by atoms with Gasteiger partial charge >= 0.3 is 0 Å². The monoisotopic (exact) mass is 470 g/mol. The topological polar surface area (TPSA) is 57.9 Å². The van der Waals surface area contributed by atoms with Gasteiger partial charge in [0, 0.05) is 68.7 Å². The molecule has 2 aromatic carbocycles. The molecule has 5 rings (SSSR count). The van der Waals surface area contributed by atoms with Crippen LogP contribution in [0.1, 0.15) is 42.6 Å². The summed E-state index contributed by atoms with van der Waals surface area (Å²) in [5, 5.41) is 0.565. The Hall–Kier alpha value is -3.79. The van der Waals surface area contributed by atoms with Crippen LogP contribution in [0.5, 0.6) is 0 Å². The van der Waals surface area contributed by atoms with Gasteiger partial charge in [0.05, 0.1) is 11.1 Å². The second-order valence-corrected chi connectivity index (χ2v) is 9.85. The molecule has 1 aliphatic carbocycles. The number of fused-ring (bicyclic) bond motifs is 1. The van der Waals surface area contributed by atoms with Crippen LogP contribution in [0.4, 0.5) is 4.39 Å². The average Bonchev–Trinajstić information content (AvgIpc) is 3.73. The van der Waals surface area contributed by atoms with Gasteiger partial charge in [-0.1, -0.05) is 24.3 Å². The van der Waals surface area contributed by atoms with Gasteiger partial charge in [-0.15, -0.1) is 0 Å². The summed E-state index contributed by atoms with van der Waals surface area (Å²) in [6.07, 6.45) is 3.50. The molecule has 1 saturated carbocycles. The summed E-state index contributed by atoms with van der Waals surface area (Å²) in [7, 11) is 0. The summed E-state index contributed by atoms with van der Waals surface area (Å²) in [6.45, 7) is 13.1. The van der Waals surface area contributed by atoms with E-state index < -0.39 is 11.4 Å². The molecule has 3 aromatic rings. The van der Waals surface area contributed by atoms with Crippen molar-refractivity contribution in [1.29, 1.82) is 0 Å². The number of aromatic nitrogens is 1. The molecule has 178 valence electrons. The van der Waals surface area contributed by atoms with Crippen molar-refractivity contribution in [1.82, 2.24) is 14.8 Å². The van der Waals surface area contributed by atoms with Crippen molar-refractivity contribution in [3.8, 4) is 11.1 Å². The Morgan fingerprint density at radius 1 is 1.03 bits per heavy atom. The Balaban J connectivity index is 1.51. The summed E-state index contributed by atoms with van der Waals surface area (Å²) in [5.41, 5.74) is 2.60. The van der Waals surface area contributed by atoms with E-state index in [-0.39, 0.29) is 17.7 Å². The van der Waals surface area contributed by atoms with E-state index in [1.807, 2.05) is 43.0 Å². The molecule has 2 amide bonds. The van der Waals surface area contributed by atoms with Crippen molar-refractivity contribution in [3.05, 3.63) is 77.0 Å². The first-order valence-corrected chi connectivity index (χ1v) is 11.9. The maximum atomic E-state index is 14.3. The highest BCUT2D eigenvalue weighted by atomic mass is 19.1. The molecule has 0 N–H and O–H groups in total. The molecular weight excluding hydrogens is 443 g/mol.